The van der Waals surface area contributed by atoms with E-state index < -0.39 is 11.6 Å². The maximum Gasteiger partial charge on any atom is 0.200 e. The molecule has 0 bridgehead atoms. The Morgan fingerprint density at radius 2 is 1.79 bits per heavy atom. The standard InChI is InChI=1S/C23H34F2O3/c1-3-5-16-6-9-18(10-7-16)28-15-19-11-8-17(14-27-19)20-12-13-21(26-4-2)23(25)22(20)24/h12-13,16-19H,3-11,14-15H2,1-2H3. The van der Waals surface area contributed by atoms with Gasteiger partial charge < -0.3 is 14.2 Å². The summed E-state index contributed by atoms with van der Waals surface area (Å²) in [7, 11) is 0. The van der Waals surface area contributed by atoms with Crippen LogP contribution in [0.3, 0.4) is 0 Å². The molecular formula is C23H34F2O3. The van der Waals surface area contributed by atoms with Gasteiger partial charge >= 0.3 is 0 Å². The first-order valence-corrected chi connectivity index (χ1v) is 11.0. The van der Waals surface area contributed by atoms with Crippen molar-refractivity contribution >= 4 is 0 Å². The van der Waals surface area contributed by atoms with E-state index in [0.29, 0.717) is 31.5 Å². The van der Waals surface area contributed by atoms with Crippen LogP contribution in [0.15, 0.2) is 12.1 Å². The molecule has 2 atom stereocenters. The van der Waals surface area contributed by atoms with Crippen molar-refractivity contribution in [1.82, 2.24) is 0 Å². The highest BCUT2D eigenvalue weighted by atomic mass is 19.2. The first-order valence-electron chi connectivity index (χ1n) is 11.0. The van der Waals surface area contributed by atoms with Crippen LogP contribution in [0, 0.1) is 17.6 Å². The van der Waals surface area contributed by atoms with Gasteiger partial charge in [0.25, 0.3) is 0 Å². The normalized spacial score (nSPS) is 28.3. The third-order valence-corrected chi connectivity index (χ3v) is 6.20. The molecule has 1 saturated heterocycles. The lowest BCUT2D eigenvalue weighted by Gasteiger charge is -2.32. The summed E-state index contributed by atoms with van der Waals surface area (Å²) in [5, 5.41) is 0. The van der Waals surface area contributed by atoms with Crippen molar-refractivity contribution in [3.63, 3.8) is 0 Å². The van der Waals surface area contributed by atoms with Gasteiger partial charge in [-0.05, 0) is 63.0 Å². The van der Waals surface area contributed by atoms with Crippen molar-refractivity contribution in [2.45, 2.75) is 83.3 Å². The molecule has 1 aromatic carbocycles. The van der Waals surface area contributed by atoms with Crippen molar-refractivity contribution in [2.75, 3.05) is 19.8 Å². The third kappa shape index (κ3) is 5.44. The highest BCUT2D eigenvalue weighted by Gasteiger charge is 2.28. The van der Waals surface area contributed by atoms with Crippen LogP contribution in [-0.4, -0.2) is 32.0 Å². The van der Waals surface area contributed by atoms with Crippen molar-refractivity contribution in [3.05, 3.63) is 29.3 Å². The zero-order chi connectivity index (χ0) is 19.9. The Morgan fingerprint density at radius 3 is 2.43 bits per heavy atom. The smallest absolute Gasteiger partial charge is 0.200 e. The summed E-state index contributed by atoms with van der Waals surface area (Å²) in [5.74, 6) is -0.978. The van der Waals surface area contributed by atoms with Crippen molar-refractivity contribution < 1.29 is 23.0 Å². The highest BCUT2D eigenvalue weighted by Crippen LogP contribution is 2.34. The predicted octanol–water partition coefficient (Wildman–Crippen LogP) is 6.00. The van der Waals surface area contributed by atoms with Crippen LogP contribution >= 0.6 is 0 Å². The minimum Gasteiger partial charge on any atom is -0.491 e. The zero-order valence-corrected chi connectivity index (χ0v) is 17.2. The van der Waals surface area contributed by atoms with Gasteiger partial charge in [0.05, 0.1) is 32.0 Å². The fourth-order valence-electron chi connectivity index (χ4n) is 4.55. The summed E-state index contributed by atoms with van der Waals surface area (Å²) in [6, 6.07) is 3.14. The number of benzene rings is 1. The Labute approximate surface area is 167 Å². The molecule has 3 rings (SSSR count). The summed E-state index contributed by atoms with van der Waals surface area (Å²) in [6.45, 7) is 5.32. The monoisotopic (exact) mass is 396 g/mol. The average molecular weight is 397 g/mol. The summed E-state index contributed by atoms with van der Waals surface area (Å²) >= 11 is 0. The summed E-state index contributed by atoms with van der Waals surface area (Å²) in [5.41, 5.74) is 0.384. The van der Waals surface area contributed by atoms with Gasteiger partial charge in [0.15, 0.2) is 11.6 Å². The lowest BCUT2D eigenvalue weighted by atomic mass is 9.84. The largest absolute Gasteiger partial charge is 0.491 e. The first-order chi connectivity index (χ1) is 13.6. The molecule has 3 nitrogen and oxygen atoms in total. The maximum atomic E-state index is 14.4. The van der Waals surface area contributed by atoms with Crippen LogP contribution in [0.1, 0.15) is 76.7 Å². The molecule has 0 N–H and O–H groups in total. The Morgan fingerprint density at radius 1 is 1.00 bits per heavy atom. The van der Waals surface area contributed by atoms with Crippen LogP contribution < -0.4 is 4.74 Å². The molecule has 1 aromatic rings. The number of ether oxygens (including phenoxy) is 3. The molecule has 0 radical (unpaired) electrons. The minimum absolute atomic E-state index is 0.0274. The fraction of sp³-hybridized carbons (Fsp3) is 0.739. The second-order valence-electron chi connectivity index (χ2n) is 8.21. The molecule has 158 valence electrons. The second-order valence-corrected chi connectivity index (χ2v) is 8.21. The maximum absolute atomic E-state index is 14.4. The molecular weight excluding hydrogens is 362 g/mol. The highest BCUT2D eigenvalue weighted by molar-refractivity contribution is 5.33. The molecule has 1 aliphatic heterocycles. The van der Waals surface area contributed by atoms with Gasteiger partial charge in [0, 0.05) is 5.92 Å². The summed E-state index contributed by atoms with van der Waals surface area (Å²) < 4.78 is 45.7. The molecule has 5 heteroatoms. The van der Waals surface area contributed by atoms with E-state index in [1.165, 1.54) is 31.7 Å². The Kier molecular flexibility index (Phi) is 8.10. The van der Waals surface area contributed by atoms with Gasteiger partial charge in [0.2, 0.25) is 5.82 Å². The van der Waals surface area contributed by atoms with Crippen LogP contribution in [0.2, 0.25) is 0 Å². The summed E-state index contributed by atoms with van der Waals surface area (Å²) in [4.78, 5) is 0. The Hall–Kier alpha value is -1.20. The van der Waals surface area contributed by atoms with Crippen LogP contribution in [0.4, 0.5) is 8.78 Å². The van der Waals surface area contributed by atoms with Gasteiger partial charge in [0.1, 0.15) is 0 Å². The molecule has 0 aromatic heterocycles. The fourth-order valence-corrected chi connectivity index (χ4v) is 4.55. The molecule has 1 saturated carbocycles. The topological polar surface area (TPSA) is 27.7 Å². The second kappa shape index (κ2) is 10.5. The molecule has 1 aliphatic carbocycles. The molecule has 2 fully saturated rings. The quantitative estimate of drug-likeness (QED) is 0.539. The SMILES string of the molecule is CCCC1CCC(OCC2CCC(c3ccc(OCC)c(F)c3F)CO2)CC1. The lowest BCUT2D eigenvalue weighted by Crippen LogP contribution is -2.32. The lowest BCUT2D eigenvalue weighted by molar-refractivity contribution is -0.0780. The molecule has 28 heavy (non-hydrogen) atoms. The van der Waals surface area contributed by atoms with Gasteiger partial charge in [-0.25, -0.2) is 4.39 Å². The number of halogens is 2. The van der Waals surface area contributed by atoms with Crippen LogP contribution in [-0.2, 0) is 9.47 Å². The number of hydrogen-bond acceptors (Lipinski definition) is 3. The van der Waals surface area contributed by atoms with Crippen molar-refractivity contribution in [2.24, 2.45) is 5.92 Å². The third-order valence-electron chi connectivity index (χ3n) is 6.20. The van der Waals surface area contributed by atoms with E-state index in [0.717, 1.165) is 31.6 Å². The van der Waals surface area contributed by atoms with E-state index in [2.05, 4.69) is 6.92 Å². The minimum atomic E-state index is -0.900. The molecule has 0 spiro atoms. The van der Waals surface area contributed by atoms with Gasteiger partial charge in [-0.2, -0.15) is 4.39 Å². The molecule has 2 unspecified atom stereocenters. The van der Waals surface area contributed by atoms with Gasteiger partial charge in [-0.1, -0.05) is 25.8 Å². The van der Waals surface area contributed by atoms with Crippen LogP contribution in [0.5, 0.6) is 5.75 Å². The predicted molar refractivity (Wildman–Crippen MR) is 106 cm³/mol. The van der Waals surface area contributed by atoms with E-state index in [1.807, 2.05) is 0 Å². The van der Waals surface area contributed by atoms with E-state index in [-0.39, 0.29) is 17.8 Å². The van der Waals surface area contributed by atoms with E-state index in [1.54, 1.807) is 13.0 Å². The summed E-state index contributed by atoms with van der Waals surface area (Å²) in [6.07, 6.45) is 9.45. The van der Waals surface area contributed by atoms with Gasteiger partial charge in [-0.3, -0.25) is 0 Å². The average Bonchev–Trinajstić information content (AvgIpc) is 2.72. The van der Waals surface area contributed by atoms with Crippen molar-refractivity contribution in [1.29, 1.82) is 0 Å². The Bertz CT molecular complexity index is 606. The van der Waals surface area contributed by atoms with Gasteiger partial charge in [-0.15, -0.1) is 0 Å². The number of rotatable bonds is 8. The molecule has 0 amide bonds. The number of hydrogen-bond donors (Lipinski definition) is 0. The van der Waals surface area contributed by atoms with E-state index in [4.69, 9.17) is 14.2 Å². The zero-order valence-electron chi connectivity index (χ0n) is 17.2. The Balaban J connectivity index is 1.43. The van der Waals surface area contributed by atoms with Crippen LogP contribution in [0.25, 0.3) is 0 Å². The first kappa shape index (κ1) is 21.5. The van der Waals surface area contributed by atoms with Crippen molar-refractivity contribution in [3.8, 4) is 5.75 Å². The molecule has 1 heterocycles. The molecule has 2 aliphatic rings. The van der Waals surface area contributed by atoms with E-state index in [9.17, 15) is 8.78 Å². The van der Waals surface area contributed by atoms with E-state index >= 15 is 0 Å².